The molecule has 0 amide bonds. The zero-order valence-electron chi connectivity index (χ0n) is 41.3. The number of unbranched alkanes of at least 4 members (excludes halogenated alkanes) is 8. The summed E-state index contributed by atoms with van der Waals surface area (Å²) in [5.41, 5.74) is 0. The minimum atomic E-state index is -1.64. The van der Waals surface area contributed by atoms with Gasteiger partial charge in [-0.3, -0.25) is 9.59 Å². The molecule has 9 heteroatoms. The molecule has 0 aliphatic carbocycles. The Morgan fingerprint density at radius 2 is 0.831 bits per heavy atom. The van der Waals surface area contributed by atoms with Gasteiger partial charge in [0.25, 0.3) is 0 Å². The van der Waals surface area contributed by atoms with Crippen LogP contribution in [0.2, 0.25) is 0 Å². The van der Waals surface area contributed by atoms with Gasteiger partial charge in [0.2, 0.25) is 0 Å². The number of carboxylic acid groups (broad SMARTS) is 1. The van der Waals surface area contributed by atoms with Crippen LogP contribution in [0, 0.1) is 0 Å². The van der Waals surface area contributed by atoms with Gasteiger partial charge in [0.05, 0.1) is 40.3 Å². The van der Waals surface area contributed by atoms with E-state index in [1.807, 2.05) is 21.1 Å². The van der Waals surface area contributed by atoms with E-state index in [1.165, 1.54) is 0 Å². The molecule has 0 saturated heterocycles. The molecular weight excluding hydrogens is 815 g/mol. The molecule has 9 nitrogen and oxygen atoms in total. The molecule has 0 bridgehead atoms. The number of esters is 2. The fourth-order valence-electron chi connectivity index (χ4n) is 5.94. The Kier molecular flexibility index (Phi) is 43.2. The fraction of sp³-hybridized carbons (Fsp3) is 0.589. The van der Waals surface area contributed by atoms with Crippen LogP contribution in [-0.2, 0) is 33.3 Å². The molecule has 0 aromatic rings. The van der Waals surface area contributed by atoms with Crippen LogP contribution in [0.25, 0.3) is 0 Å². The zero-order chi connectivity index (χ0) is 47.7. The molecule has 0 spiro atoms. The summed E-state index contributed by atoms with van der Waals surface area (Å²) in [5.74, 6) is -2.38. The van der Waals surface area contributed by atoms with E-state index in [2.05, 4.69) is 135 Å². The van der Waals surface area contributed by atoms with Crippen molar-refractivity contribution in [2.24, 2.45) is 0 Å². The Morgan fingerprint density at radius 1 is 0.462 bits per heavy atom. The van der Waals surface area contributed by atoms with Crippen molar-refractivity contribution in [3.8, 4) is 0 Å². The highest BCUT2D eigenvalue weighted by Gasteiger charge is 2.21. The van der Waals surface area contributed by atoms with E-state index in [4.69, 9.17) is 18.9 Å². The minimum Gasteiger partial charge on any atom is -0.545 e. The second-order valence-corrected chi connectivity index (χ2v) is 17.0. The molecular formula is C56H89NO8. The Morgan fingerprint density at radius 3 is 1.25 bits per heavy atom. The number of carboxylic acids is 1. The smallest absolute Gasteiger partial charge is 0.306 e. The lowest BCUT2D eigenvalue weighted by Gasteiger charge is -2.26. The Hall–Kier alpha value is -4.31. The number of nitrogens with zero attached hydrogens (tertiary/aromatic N) is 1. The Bertz CT molecular complexity index is 1470. The standard InChI is InChI=1S/C56H89NO8/c1-6-8-10-12-14-16-18-20-22-24-26-27-29-31-33-35-37-39-41-43-45-47-54(59)65-52(51-64-56(55(60)61)62-49-48-57(3,4)5)50-63-53(58)46-44-42-40-38-36-34-32-30-28-25-23-21-19-17-15-13-11-9-7-2/h8-11,14-17,20-23,26-28,30-31,33-34,36,52,56H,6-7,12-13,18-19,24-25,29,32,35,37-51H2,1-5H3/b10-8-,11-9-,16-14-,17-15-,22-20-,23-21-,27-26-,30-28-,33-31-,36-34-. The maximum Gasteiger partial charge on any atom is 0.306 e. The van der Waals surface area contributed by atoms with Crippen molar-refractivity contribution in [2.75, 3.05) is 47.5 Å². The lowest BCUT2D eigenvalue weighted by atomic mass is 10.1. The van der Waals surface area contributed by atoms with Gasteiger partial charge in [-0.15, -0.1) is 0 Å². The van der Waals surface area contributed by atoms with Gasteiger partial charge in [0, 0.05) is 12.8 Å². The van der Waals surface area contributed by atoms with Gasteiger partial charge in [-0.2, -0.15) is 0 Å². The molecule has 0 aromatic heterocycles. The Labute approximate surface area is 396 Å². The predicted molar refractivity (Wildman–Crippen MR) is 269 cm³/mol. The zero-order valence-corrected chi connectivity index (χ0v) is 41.3. The molecule has 0 fully saturated rings. The van der Waals surface area contributed by atoms with Crippen LogP contribution in [0.5, 0.6) is 0 Å². The number of carbonyl (C=O) groups excluding carboxylic acids is 3. The molecule has 0 rings (SSSR count). The summed E-state index contributed by atoms with van der Waals surface area (Å²) in [6, 6.07) is 0. The lowest BCUT2D eigenvalue weighted by Crippen LogP contribution is -2.44. The number of likely N-dealkylation sites (N-methyl/N-ethyl adjacent to an activating group) is 1. The van der Waals surface area contributed by atoms with E-state index >= 15 is 0 Å². The van der Waals surface area contributed by atoms with E-state index in [1.54, 1.807) is 0 Å². The first-order chi connectivity index (χ1) is 31.6. The molecule has 0 aromatic carbocycles. The predicted octanol–water partition coefficient (Wildman–Crippen LogP) is 12.4. The highest BCUT2D eigenvalue weighted by molar-refractivity contribution is 5.70. The molecule has 0 aliphatic rings. The quantitative estimate of drug-likeness (QED) is 0.0196. The maximum atomic E-state index is 12.8. The first kappa shape index (κ1) is 60.7. The number of carbonyl (C=O) groups is 3. The van der Waals surface area contributed by atoms with Crippen molar-refractivity contribution in [1.29, 1.82) is 0 Å². The van der Waals surface area contributed by atoms with Crippen LogP contribution in [0.15, 0.2) is 122 Å². The number of allylic oxidation sites excluding steroid dienone is 20. The highest BCUT2D eigenvalue weighted by Crippen LogP contribution is 2.12. The molecule has 0 radical (unpaired) electrons. The largest absolute Gasteiger partial charge is 0.545 e. The summed E-state index contributed by atoms with van der Waals surface area (Å²) in [6.45, 7) is 4.42. The molecule has 0 heterocycles. The monoisotopic (exact) mass is 904 g/mol. The third kappa shape index (κ3) is 47.5. The van der Waals surface area contributed by atoms with E-state index in [0.717, 1.165) is 116 Å². The average Bonchev–Trinajstić information content (AvgIpc) is 3.27. The average molecular weight is 904 g/mol. The first-order valence-corrected chi connectivity index (χ1v) is 24.7. The van der Waals surface area contributed by atoms with Crippen LogP contribution in [0.4, 0.5) is 0 Å². The number of quaternary nitrogens is 1. The fourth-order valence-corrected chi connectivity index (χ4v) is 5.94. The number of aliphatic carboxylic acids is 1. The SMILES string of the molecule is CC/C=C\C/C=C\C/C=C\C/C=C\C/C=C\CCCCCCCC(=O)OC(COC(=O)CCCCC/C=C\C/C=C\C/C=C\C/C=C\C/C=C\CC)COC(OCC[N+](C)(C)C)C(=O)[O-]. The van der Waals surface area contributed by atoms with E-state index in [-0.39, 0.29) is 32.7 Å². The summed E-state index contributed by atoms with van der Waals surface area (Å²) >= 11 is 0. The minimum absolute atomic E-state index is 0.130. The van der Waals surface area contributed by atoms with Gasteiger partial charge < -0.3 is 33.3 Å². The van der Waals surface area contributed by atoms with Crippen LogP contribution in [0.3, 0.4) is 0 Å². The topological polar surface area (TPSA) is 111 Å². The van der Waals surface area contributed by atoms with Crippen molar-refractivity contribution in [1.82, 2.24) is 0 Å². The van der Waals surface area contributed by atoms with Crippen LogP contribution in [0.1, 0.15) is 155 Å². The first-order valence-electron chi connectivity index (χ1n) is 24.7. The van der Waals surface area contributed by atoms with Gasteiger partial charge in [0.1, 0.15) is 13.2 Å². The normalized spacial score (nSPS) is 13.9. The van der Waals surface area contributed by atoms with Crippen LogP contribution >= 0.6 is 0 Å². The van der Waals surface area contributed by atoms with Crippen molar-refractivity contribution in [3.05, 3.63) is 122 Å². The van der Waals surface area contributed by atoms with Crippen LogP contribution < -0.4 is 5.11 Å². The second kappa shape index (κ2) is 46.2. The van der Waals surface area contributed by atoms with Gasteiger partial charge in [-0.25, -0.2) is 0 Å². The summed E-state index contributed by atoms with van der Waals surface area (Å²) < 4.78 is 22.5. The van der Waals surface area contributed by atoms with Crippen molar-refractivity contribution in [3.63, 3.8) is 0 Å². The highest BCUT2D eigenvalue weighted by atomic mass is 16.7. The number of hydrogen-bond donors (Lipinski definition) is 0. The molecule has 65 heavy (non-hydrogen) atoms. The van der Waals surface area contributed by atoms with Crippen molar-refractivity contribution >= 4 is 17.9 Å². The number of rotatable bonds is 43. The molecule has 0 N–H and O–H groups in total. The van der Waals surface area contributed by atoms with E-state index in [9.17, 15) is 19.5 Å². The molecule has 0 saturated carbocycles. The van der Waals surface area contributed by atoms with Crippen molar-refractivity contribution < 1.29 is 42.9 Å². The van der Waals surface area contributed by atoms with E-state index in [0.29, 0.717) is 23.9 Å². The van der Waals surface area contributed by atoms with Crippen LogP contribution in [-0.4, -0.2) is 82.3 Å². The maximum absolute atomic E-state index is 12.8. The molecule has 366 valence electrons. The molecule has 0 aliphatic heterocycles. The van der Waals surface area contributed by atoms with E-state index < -0.39 is 30.3 Å². The number of ether oxygens (including phenoxy) is 4. The Balaban J connectivity index is 4.51. The lowest BCUT2D eigenvalue weighted by molar-refractivity contribution is -0.870. The van der Waals surface area contributed by atoms with Gasteiger partial charge in [-0.05, 0) is 103 Å². The number of hydrogen-bond acceptors (Lipinski definition) is 8. The summed E-state index contributed by atoms with van der Waals surface area (Å²) in [4.78, 5) is 37.1. The summed E-state index contributed by atoms with van der Waals surface area (Å²) in [5, 5.41) is 11.7. The van der Waals surface area contributed by atoms with Gasteiger partial charge in [0.15, 0.2) is 12.4 Å². The third-order valence-electron chi connectivity index (χ3n) is 9.70. The van der Waals surface area contributed by atoms with Gasteiger partial charge >= 0.3 is 11.9 Å². The summed E-state index contributed by atoms with van der Waals surface area (Å²) in [6.07, 6.45) is 60.8. The molecule has 2 unspecified atom stereocenters. The molecule has 2 atom stereocenters. The van der Waals surface area contributed by atoms with Crippen molar-refractivity contribution in [2.45, 2.75) is 167 Å². The summed E-state index contributed by atoms with van der Waals surface area (Å²) in [7, 11) is 5.88. The third-order valence-corrected chi connectivity index (χ3v) is 9.70. The van der Waals surface area contributed by atoms with Gasteiger partial charge in [-0.1, -0.05) is 161 Å². The second-order valence-electron chi connectivity index (χ2n) is 17.0.